The van der Waals surface area contributed by atoms with Crippen LogP contribution in [-0.4, -0.2) is 81.7 Å². The Kier molecular flexibility index (Phi) is 6.98. The molecule has 156 valence electrons. The van der Waals surface area contributed by atoms with Crippen molar-refractivity contribution in [2.75, 3.05) is 47.6 Å². The summed E-state index contributed by atoms with van der Waals surface area (Å²) in [5.74, 6) is 1.55. The highest BCUT2D eigenvalue weighted by Gasteiger charge is 2.37. The number of morpholine rings is 1. The second-order valence-corrected chi connectivity index (χ2v) is 7.29. The number of ether oxygens (including phenoxy) is 4. The number of carbonyl (C=O) groups excluding carboxylic acids is 1. The van der Waals surface area contributed by atoms with E-state index in [9.17, 15) is 4.79 Å². The fourth-order valence-electron chi connectivity index (χ4n) is 4.07. The quantitative estimate of drug-likeness (QED) is 0.667. The van der Waals surface area contributed by atoms with Crippen LogP contribution in [-0.2, 0) is 16.0 Å². The predicted octanol–water partition coefficient (Wildman–Crippen LogP) is 0.595. The molecule has 8 nitrogen and oxygen atoms in total. The van der Waals surface area contributed by atoms with Crippen molar-refractivity contribution in [3.63, 3.8) is 0 Å². The van der Waals surface area contributed by atoms with Crippen LogP contribution in [0.5, 0.6) is 17.2 Å². The molecule has 3 rings (SSSR count). The zero-order valence-corrected chi connectivity index (χ0v) is 16.8. The molecule has 0 bridgehead atoms. The third-order valence-electron chi connectivity index (χ3n) is 5.40. The van der Waals surface area contributed by atoms with Crippen molar-refractivity contribution in [2.24, 2.45) is 0 Å². The molecule has 0 aromatic heterocycles. The Hall–Kier alpha value is -2.03. The number of nitrogens with zero attached hydrogens (tertiary/aromatic N) is 1. The number of hydrogen-bond acceptors (Lipinski definition) is 7. The third-order valence-corrected chi connectivity index (χ3v) is 5.40. The molecule has 0 aliphatic carbocycles. The first-order valence-corrected chi connectivity index (χ1v) is 9.62. The summed E-state index contributed by atoms with van der Waals surface area (Å²) in [5, 5.41) is 12.2. The van der Waals surface area contributed by atoms with Gasteiger partial charge in [0.2, 0.25) is 11.7 Å². The number of amides is 1. The average Bonchev–Trinajstić information content (AvgIpc) is 3.08. The molecule has 8 heteroatoms. The van der Waals surface area contributed by atoms with Gasteiger partial charge in [-0.1, -0.05) is 0 Å². The molecule has 2 saturated heterocycles. The number of benzene rings is 1. The van der Waals surface area contributed by atoms with E-state index in [1.165, 1.54) is 0 Å². The van der Waals surface area contributed by atoms with Crippen LogP contribution in [0.15, 0.2) is 12.1 Å². The molecular weight excluding hydrogens is 364 g/mol. The maximum atomic E-state index is 12.6. The van der Waals surface area contributed by atoms with E-state index in [1.807, 2.05) is 0 Å². The maximum Gasteiger partial charge on any atom is 0.224 e. The molecule has 2 fully saturated rings. The number of rotatable bonds is 8. The SMILES string of the molecule is COc1cc(CC(=O)N[C@@H]2C[C@H]3CO[C@@H](CCO)CN3C2)cc(OC)c1OC. The Morgan fingerprint density at radius 1 is 1.21 bits per heavy atom. The Morgan fingerprint density at radius 3 is 2.54 bits per heavy atom. The van der Waals surface area contributed by atoms with Gasteiger partial charge in [0.1, 0.15) is 0 Å². The highest BCUT2D eigenvalue weighted by molar-refractivity contribution is 5.79. The standard InChI is InChI=1S/C20H30N2O6/c1-25-17-6-13(7-18(26-2)20(17)27-3)8-19(24)21-14-9-15-12-28-16(4-5-23)11-22(15)10-14/h6-7,14-16,23H,4-5,8-12H2,1-3H3,(H,21,24)/t14-,15+,16+/m1/s1. The van der Waals surface area contributed by atoms with E-state index in [1.54, 1.807) is 33.5 Å². The van der Waals surface area contributed by atoms with Crippen LogP contribution in [0.3, 0.4) is 0 Å². The van der Waals surface area contributed by atoms with Gasteiger partial charge in [0, 0.05) is 31.8 Å². The van der Waals surface area contributed by atoms with E-state index >= 15 is 0 Å². The second kappa shape index (κ2) is 9.45. The molecule has 0 radical (unpaired) electrons. The van der Waals surface area contributed by atoms with Crippen molar-refractivity contribution in [2.45, 2.75) is 37.5 Å². The summed E-state index contributed by atoms with van der Waals surface area (Å²) in [6.45, 7) is 2.42. The van der Waals surface area contributed by atoms with Crippen molar-refractivity contribution in [3.05, 3.63) is 17.7 Å². The summed E-state index contributed by atoms with van der Waals surface area (Å²) in [4.78, 5) is 14.9. The lowest BCUT2D eigenvalue weighted by Gasteiger charge is -2.34. The van der Waals surface area contributed by atoms with Crippen LogP contribution < -0.4 is 19.5 Å². The van der Waals surface area contributed by atoms with Crippen molar-refractivity contribution in [1.29, 1.82) is 0 Å². The number of methoxy groups -OCH3 is 3. The van der Waals surface area contributed by atoms with Gasteiger partial charge in [0.25, 0.3) is 0 Å². The lowest BCUT2D eigenvalue weighted by atomic mass is 10.1. The van der Waals surface area contributed by atoms with E-state index < -0.39 is 0 Å². The lowest BCUT2D eigenvalue weighted by molar-refractivity contribution is -0.121. The van der Waals surface area contributed by atoms with Gasteiger partial charge in [-0.15, -0.1) is 0 Å². The number of aliphatic hydroxyl groups excluding tert-OH is 1. The van der Waals surface area contributed by atoms with Crippen molar-refractivity contribution in [3.8, 4) is 17.2 Å². The molecule has 2 N–H and O–H groups in total. The molecule has 3 atom stereocenters. The molecule has 1 aromatic carbocycles. The lowest BCUT2D eigenvalue weighted by Crippen LogP contribution is -2.46. The van der Waals surface area contributed by atoms with Crippen LogP contribution in [0, 0.1) is 0 Å². The first-order chi connectivity index (χ1) is 13.6. The van der Waals surface area contributed by atoms with Gasteiger partial charge < -0.3 is 29.4 Å². The monoisotopic (exact) mass is 394 g/mol. The maximum absolute atomic E-state index is 12.6. The van der Waals surface area contributed by atoms with E-state index in [0.29, 0.717) is 36.3 Å². The summed E-state index contributed by atoms with van der Waals surface area (Å²) in [5.41, 5.74) is 0.800. The number of carbonyl (C=O) groups is 1. The summed E-state index contributed by atoms with van der Waals surface area (Å²) >= 11 is 0. The number of hydrogen-bond donors (Lipinski definition) is 2. The predicted molar refractivity (Wildman–Crippen MR) is 103 cm³/mol. The van der Waals surface area contributed by atoms with Gasteiger partial charge in [-0.3, -0.25) is 9.69 Å². The molecular formula is C20H30N2O6. The zero-order chi connectivity index (χ0) is 20.1. The van der Waals surface area contributed by atoms with Crippen molar-refractivity contribution >= 4 is 5.91 Å². The third kappa shape index (κ3) is 4.68. The fourth-order valence-corrected chi connectivity index (χ4v) is 4.07. The molecule has 0 spiro atoms. The fraction of sp³-hybridized carbons (Fsp3) is 0.650. The molecule has 2 aliphatic heterocycles. The summed E-state index contributed by atoms with van der Waals surface area (Å²) in [6.07, 6.45) is 1.85. The first kappa shape index (κ1) is 20.7. The van der Waals surface area contributed by atoms with Gasteiger partial charge in [-0.2, -0.15) is 0 Å². The minimum atomic E-state index is -0.0352. The largest absolute Gasteiger partial charge is 0.493 e. The summed E-state index contributed by atoms with van der Waals surface area (Å²) in [7, 11) is 4.67. The van der Waals surface area contributed by atoms with Crippen LogP contribution >= 0.6 is 0 Å². The van der Waals surface area contributed by atoms with Gasteiger partial charge in [-0.05, 0) is 30.5 Å². The van der Waals surface area contributed by atoms with E-state index in [0.717, 1.165) is 25.1 Å². The number of fused-ring (bicyclic) bond motifs is 1. The Balaban J connectivity index is 1.58. The zero-order valence-electron chi connectivity index (χ0n) is 16.8. The first-order valence-electron chi connectivity index (χ1n) is 9.62. The highest BCUT2D eigenvalue weighted by Crippen LogP contribution is 2.38. The average molecular weight is 394 g/mol. The second-order valence-electron chi connectivity index (χ2n) is 7.29. The van der Waals surface area contributed by atoms with Crippen LogP contribution in [0.1, 0.15) is 18.4 Å². The molecule has 1 amide bonds. The molecule has 2 aliphatic rings. The minimum Gasteiger partial charge on any atom is -0.493 e. The Morgan fingerprint density at radius 2 is 1.93 bits per heavy atom. The van der Waals surface area contributed by atoms with E-state index in [2.05, 4.69) is 10.2 Å². The van der Waals surface area contributed by atoms with Gasteiger partial charge in [-0.25, -0.2) is 0 Å². The van der Waals surface area contributed by atoms with E-state index in [-0.39, 0.29) is 31.1 Å². The molecule has 0 saturated carbocycles. The molecule has 0 unspecified atom stereocenters. The Labute approximate surface area is 165 Å². The normalized spacial score (nSPS) is 24.5. The summed E-state index contributed by atoms with van der Waals surface area (Å²) in [6, 6.07) is 4.04. The van der Waals surface area contributed by atoms with Crippen molar-refractivity contribution in [1.82, 2.24) is 10.2 Å². The van der Waals surface area contributed by atoms with Gasteiger partial charge in [0.05, 0.1) is 40.5 Å². The minimum absolute atomic E-state index is 0.0352. The van der Waals surface area contributed by atoms with Gasteiger partial charge in [0.15, 0.2) is 11.5 Å². The van der Waals surface area contributed by atoms with Gasteiger partial charge >= 0.3 is 0 Å². The highest BCUT2D eigenvalue weighted by atomic mass is 16.5. The molecule has 2 heterocycles. The number of nitrogens with one attached hydrogen (secondary N) is 1. The summed E-state index contributed by atoms with van der Waals surface area (Å²) < 4.78 is 21.8. The topological polar surface area (TPSA) is 89.5 Å². The van der Waals surface area contributed by atoms with Crippen LogP contribution in [0.25, 0.3) is 0 Å². The smallest absolute Gasteiger partial charge is 0.224 e. The number of aliphatic hydroxyl groups is 1. The van der Waals surface area contributed by atoms with E-state index in [4.69, 9.17) is 24.1 Å². The van der Waals surface area contributed by atoms with Crippen LogP contribution in [0.4, 0.5) is 0 Å². The Bertz CT molecular complexity index is 658. The molecule has 1 aromatic rings. The van der Waals surface area contributed by atoms with Crippen LogP contribution in [0.2, 0.25) is 0 Å². The van der Waals surface area contributed by atoms with Crippen molar-refractivity contribution < 1.29 is 28.8 Å². The molecule has 28 heavy (non-hydrogen) atoms.